The topological polar surface area (TPSA) is 186 Å². The van der Waals surface area contributed by atoms with E-state index in [1.165, 1.54) is 39.9 Å². The summed E-state index contributed by atoms with van der Waals surface area (Å²) in [5.41, 5.74) is 1.33. The van der Waals surface area contributed by atoms with Gasteiger partial charge in [-0.25, -0.2) is 19.2 Å². The first-order valence-corrected chi connectivity index (χ1v) is 23.6. The first-order chi connectivity index (χ1) is 31.6. The maximum Gasteiger partial charge on any atom is 0.329 e. The molecule has 2 aromatic rings. The average molecular weight is 933 g/mol. The molecule has 0 spiro atoms. The quantitative estimate of drug-likeness (QED) is 0.225. The van der Waals surface area contributed by atoms with Crippen molar-refractivity contribution in [3.63, 3.8) is 0 Å². The summed E-state index contributed by atoms with van der Waals surface area (Å²) in [4.78, 5) is 119. The molecule has 2 aromatic carbocycles. The summed E-state index contributed by atoms with van der Waals surface area (Å²) in [7, 11) is 4.19. The number of cyclic esters (lactones) is 4. The number of fused-ring (bicyclic) bond motifs is 1. The van der Waals surface area contributed by atoms with Gasteiger partial charge in [-0.2, -0.15) is 0 Å². The third kappa shape index (κ3) is 14.8. The van der Waals surface area contributed by atoms with E-state index in [0.29, 0.717) is 24.0 Å². The van der Waals surface area contributed by atoms with Crippen LogP contribution < -0.4 is 0 Å². The van der Waals surface area contributed by atoms with Crippen LogP contribution in [0, 0.1) is 17.8 Å². The van der Waals surface area contributed by atoms with Crippen molar-refractivity contribution in [3.8, 4) is 0 Å². The summed E-state index contributed by atoms with van der Waals surface area (Å²) in [5, 5.41) is 0. The van der Waals surface area contributed by atoms with Crippen LogP contribution in [-0.4, -0.2) is 143 Å². The van der Waals surface area contributed by atoms with Crippen LogP contribution in [-0.2, 0) is 70.1 Å². The molecule has 2 heterocycles. The molecular formula is C51H72N4O12. The number of amides is 4. The highest BCUT2D eigenvalue weighted by molar-refractivity contribution is 5.94. The van der Waals surface area contributed by atoms with E-state index in [1.54, 1.807) is 60.7 Å². The monoisotopic (exact) mass is 933 g/mol. The Kier molecular flexibility index (Phi) is 19.9. The highest BCUT2D eigenvalue weighted by atomic mass is 16.6. The Balaban J connectivity index is 1.84. The first kappa shape index (κ1) is 53.8. The van der Waals surface area contributed by atoms with Crippen molar-refractivity contribution in [1.82, 2.24) is 19.6 Å². The summed E-state index contributed by atoms with van der Waals surface area (Å²) in [6.45, 7) is 14.0. The van der Waals surface area contributed by atoms with Crippen LogP contribution in [0.25, 0.3) is 0 Å². The highest BCUT2D eigenvalue weighted by Gasteiger charge is 2.43. The second kappa shape index (κ2) is 24.8. The molecule has 0 bridgehead atoms. The van der Waals surface area contributed by atoms with Gasteiger partial charge in [-0.05, 0) is 81.3 Å². The first-order valence-electron chi connectivity index (χ1n) is 23.6. The molecule has 368 valence electrons. The minimum Gasteiger partial charge on any atom is -0.451 e. The average Bonchev–Trinajstić information content (AvgIpc) is 3.29. The zero-order valence-corrected chi connectivity index (χ0v) is 41.2. The molecule has 0 radical (unpaired) electrons. The maximum atomic E-state index is 14.7. The van der Waals surface area contributed by atoms with E-state index in [0.717, 1.165) is 14.7 Å². The van der Waals surface area contributed by atoms with Crippen LogP contribution in [0.4, 0.5) is 0 Å². The SMILES string of the molecule is CC(C)C[C@H]1C(=O)O[C@@H](Cc2ccccc2)C(=O)N(C)[C@@H](CC(C)C)C(=O)O[C@@H](C)C(=O)N(C)[C@@H](CC(C)C)C(=O)O[C@@H](Cc2ccccc2)C(=O)N2CCCC[C@@H]2C(=O)O[C@@H](C)C(=O)N1C. The number of esters is 4. The van der Waals surface area contributed by atoms with Crippen LogP contribution in [0.2, 0.25) is 0 Å². The Morgan fingerprint density at radius 3 is 1.24 bits per heavy atom. The maximum absolute atomic E-state index is 14.7. The summed E-state index contributed by atoms with van der Waals surface area (Å²) >= 11 is 0. The summed E-state index contributed by atoms with van der Waals surface area (Å²) < 4.78 is 23.8. The second-order valence-electron chi connectivity index (χ2n) is 19.2. The van der Waals surface area contributed by atoms with Gasteiger partial charge in [0.05, 0.1) is 0 Å². The predicted molar refractivity (Wildman–Crippen MR) is 249 cm³/mol. The van der Waals surface area contributed by atoms with Gasteiger partial charge in [0.15, 0.2) is 24.4 Å². The van der Waals surface area contributed by atoms with Gasteiger partial charge in [0, 0.05) is 40.5 Å². The van der Waals surface area contributed by atoms with Crippen molar-refractivity contribution >= 4 is 47.5 Å². The molecule has 0 aliphatic carbocycles. The third-order valence-electron chi connectivity index (χ3n) is 12.3. The molecule has 16 heteroatoms. The molecular weight excluding hydrogens is 861 g/mol. The Hall–Kier alpha value is -5.80. The van der Waals surface area contributed by atoms with Gasteiger partial charge < -0.3 is 38.5 Å². The molecule has 4 rings (SSSR count). The predicted octanol–water partition coefficient (Wildman–Crippen LogP) is 5.17. The fraction of sp³-hybridized carbons (Fsp3) is 0.608. The standard InChI is InChI=1S/C51H72N4O12/c1-31(2)26-39-49(61)65-35(8)45(57)53(10)41(28-33(5)6)51(63)67-43(30-37-22-16-13-17-23-37)47(59)55-25-19-18-24-38(55)48(60)64-34(7)44(56)52(9)40(27-32(3)4)50(62)66-42(46(58)54(39)11)29-36-20-14-12-15-21-36/h12-17,20-23,31-35,38-43H,18-19,24-30H2,1-11H3/t34-,35-,38+,39-,40-,41-,42-,43-/m0/s1. The lowest BCUT2D eigenvalue weighted by atomic mass is 9.99. The number of carbonyl (C=O) groups excluding carboxylic acids is 8. The molecule has 0 aromatic heterocycles. The molecule has 0 N–H and O–H groups in total. The van der Waals surface area contributed by atoms with Crippen molar-refractivity contribution in [3.05, 3.63) is 71.8 Å². The largest absolute Gasteiger partial charge is 0.451 e. The molecule has 0 saturated carbocycles. The number of hydrogen-bond acceptors (Lipinski definition) is 12. The molecule has 2 fully saturated rings. The van der Waals surface area contributed by atoms with E-state index in [9.17, 15) is 38.4 Å². The molecule has 8 atom stereocenters. The van der Waals surface area contributed by atoms with Crippen molar-refractivity contribution in [2.45, 2.75) is 155 Å². The molecule has 4 amide bonds. The van der Waals surface area contributed by atoms with Crippen LogP contribution in [0.1, 0.15) is 105 Å². The molecule has 2 aliphatic heterocycles. The minimum atomic E-state index is -1.46. The minimum absolute atomic E-state index is 0.0491. The van der Waals surface area contributed by atoms with E-state index in [4.69, 9.17) is 18.9 Å². The zero-order chi connectivity index (χ0) is 49.7. The van der Waals surface area contributed by atoms with Crippen molar-refractivity contribution < 1.29 is 57.3 Å². The Morgan fingerprint density at radius 1 is 0.478 bits per heavy atom. The van der Waals surface area contributed by atoms with Crippen LogP contribution in [0.5, 0.6) is 0 Å². The molecule has 0 unspecified atom stereocenters. The van der Waals surface area contributed by atoms with Gasteiger partial charge in [0.1, 0.15) is 24.2 Å². The normalized spacial score (nSPS) is 26.3. The smallest absolute Gasteiger partial charge is 0.329 e. The van der Waals surface area contributed by atoms with Gasteiger partial charge in [-0.1, -0.05) is 102 Å². The molecule has 2 saturated heterocycles. The number of carbonyl (C=O) groups is 8. The van der Waals surface area contributed by atoms with Crippen LogP contribution >= 0.6 is 0 Å². The van der Waals surface area contributed by atoms with Crippen molar-refractivity contribution in [2.75, 3.05) is 27.7 Å². The zero-order valence-electron chi connectivity index (χ0n) is 41.2. The molecule has 16 nitrogen and oxygen atoms in total. The number of nitrogens with zero attached hydrogens (tertiary/aromatic N) is 4. The Bertz CT molecular complexity index is 2030. The number of benzene rings is 2. The number of likely N-dealkylation sites (N-methyl/N-ethyl adjacent to an activating group) is 3. The highest BCUT2D eigenvalue weighted by Crippen LogP contribution is 2.26. The fourth-order valence-corrected chi connectivity index (χ4v) is 8.52. The lowest BCUT2D eigenvalue weighted by Gasteiger charge is -2.37. The van der Waals surface area contributed by atoms with E-state index in [-0.39, 0.29) is 62.8 Å². The van der Waals surface area contributed by atoms with Crippen molar-refractivity contribution in [1.29, 1.82) is 0 Å². The number of ether oxygens (including phenoxy) is 4. The van der Waals surface area contributed by atoms with E-state index in [2.05, 4.69) is 0 Å². The second-order valence-corrected chi connectivity index (χ2v) is 19.2. The summed E-state index contributed by atoms with van der Waals surface area (Å²) in [6.07, 6.45) is -4.17. The van der Waals surface area contributed by atoms with Crippen LogP contribution in [0.3, 0.4) is 0 Å². The molecule has 67 heavy (non-hydrogen) atoms. The van der Waals surface area contributed by atoms with Gasteiger partial charge in [-0.3, -0.25) is 19.2 Å². The lowest BCUT2D eigenvalue weighted by Crippen LogP contribution is -2.56. The third-order valence-corrected chi connectivity index (χ3v) is 12.3. The Morgan fingerprint density at radius 2 is 0.836 bits per heavy atom. The summed E-state index contributed by atoms with van der Waals surface area (Å²) in [6, 6.07) is 13.0. The number of rotatable bonds is 10. The van der Waals surface area contributed by atoms with Crippen LogP contribution in [0.15, 0.2) is 60.7 Å². The number of piperidine rings is 1. The summed E-state index contributed by atoms with van der Waals surface area (Å²) in [5.74, 6) is -6.74. The van der Waals surface area contributed by atoms with E-state index < -0.39 is 96.1 Å². The number of hydrogen-bond donors (Lipinski definition) is 0. The van der Waals surface area contributed by atoms with Gasteiger partial charge in [0.25, 0.3) is 23.6 Å². The van der Waals surface area contributed by atoms with E-state index in [1.807, 2.05) is 41.5 Å². The Labute approximate surface area is 395 Å². The van der Waals surface area contributed by atoms with Gasteiger partial charge >= 0.3 is 23.9 Å². The van der Waals surface area contributed by atoms with E-state index >= 15 is 0 Å². The lowest BCUT2D eigenvalue weighted by molar-refractivity contribution is -0.177. The van der Waals surface area contributed by atoms with Crippen molar-refractivity contribution in [2.24, 2.45) is 17.8 Å². The van der Waals surface area contributed by atoms with Gasteiger partial charge in [-0.15, -0.1) is 0 Å². The van der Waals surface area contributed by atoms with Gasteiger partial charge in [0.2, 0.25) is 0 Å². The molecule has 2 aliphatic rings. The fourth-order valence-electron chi connectivity index (χ4n) is 8.52.